The lowest BCUT2D eigenvalue weighted by Gasteiger charge is -2.03. The Balaban J connectivity index is 2.76. The first-order chi connectivity index (χ1) is 6.36. The van der Waals surface area contributed by atoms with E-state index in [1.165, 1.54) is 10.9 Å². The highest BCUT2D eigenvalue weighted by Gasteiger charge is 2.04. The molecular formula is C10H13N3. The SMILES string of the molecule is CCn1ncc2cccc(CN)c21. The molecule has 2 aromatic rings. The van der Waals surface area contributed by atoms with Crippen LogP contribution in [0.4, 0.5) is 0 Å². The predicted molar refractivity (Wildman–Crippen MR) is 53.3 cm³/mol. The Hall–Kier alpha value is -1.35. The highest BCUT2D eigenvalue weighted by atomic mass is 15.3. The van der Waals surface area contributed by atoms with Crippen LogP contribution in [0.1, 0.15) is 12.5 Å². The molecule has 0 saturated carbocycles. The maximum absolute atomic E-state index is 5.66. The van der Waals surface area contributed by atoms with E-state index in [1.807, 2.05) is 16.9 Å². The molecular weight excluding hydrogens is 162 g/mol. The van der Waals surface area contributed by atoms with E-state index in [4.69, 9.17) is 5.73 Å². The van der Waals surface area contributed by atoms with Crippen LogP contribution in [0.3, 0.4) is 0 Å². The lowest BCUT2D eigenvalue weighted by atomic mass is 10.1. The van der Waals surface area contributed by atoms with Gasteiger partial charge >= 0.3 is 0 Å². The molecule has 1 heterocycles. The molecule has 0 bridgehead atoms. The van der Waals surface area contributed by atoms with Crippen LogP contribution in [0.5, 0.6) is 0 Å². The topological polar surface area (TPSA) is 43.8 Å². The first-order valence-electron chi connectivity index (χ1n) is 4.50. The number of aryl methyl sites for hydroxylation is 1. The minimum absolute atomic E-state index is 0.572. The van der Waals surface area contributed by atoms with Crippen molar-refractivity contribution in [2.24, 2.45) is 5.73 Å². The molecule has 0 amide bonds. The molecule has 0 aliphatic heterocycles. The molecule has 0 spiro atoms. The monoisotopic (exact) mass is 175 g/mol. The number of para-hydroxylation sites is 1. The van der Waals surface area contributed by atoms with E-state index in [1.54, 1.807) is 0 Å². The summed E-state index contributed by atoms with van der Waals surface area (Å²) in [5, 5.41) is 5.45. The number of nitrogens with two attached hydrogens (primary N) is 1. The minimum atomic E-state index is 0.572. The lowest BCUT2D eigenvalue weighted by Crippen LogP contribution is -2.02. The first kappa shape index (κ1) is 8.26. The highest BCUT2D eigenvalue weighted by Crippen LogP contribution is 2.17. The summed E-state index contributed by atoms with van der Waals surface area (Å²) < 4.78 is 1.98. The molecule has 0 aliphatic rings. The Morgan fingerprint density at radius 2 is 2.31 bits per heavy atom. The Morgan fingerprint density at radius 3 is 3.00 bits per heavy atom. The smallest absolute Gasteiger partial charge is 0.0727 e. The van der Waals surface area contributed by atoms with Gasteiger partial charge in [-0.3, -0.25) is 4.68 Å². The van der Waals surface area contributed by atoms with Gasteiger partial charge in [0.1, 0.15) is 0 Å². The van der Waals surface area contributed by atoms with Gasteiger partial charge in [0, 0.05) is 18.5 Å². The van der Waals surface area contributed by atoms with E-state index >= 15 is 0 Å². The standard InChI is InChI=1S/C10H13N3/c1-2-13-10-8(6-11)4-3-5-9(10)7-12-13/h3-5,7H,2,6,11H2,1H3. The fourth-order valence-electron chi connectivity index (χ4n) is 1.62. The fourth-order valence-corrected chi connectivity index (χ4v) is 1.62. The van der Waals surface area contributed by atoms with Crippen molar-refractivity contribution in [1.29, 1.82) is 0 Å². The quantitative estimate of drug-likeness (QED) is 0.752. The van der Waals surface area contributed by atoms with Crippen LogP contribution in [0, 0.1) is 0 Å². The van der Waals surface area contributed by atoms with Gasteiger partial charge in [0.2, 0.25) is 0 Å². The van der Waals surface area contributed by atoms with Crippen molar-refractivity contribution >= 4 is 10.9 Å². The fraction of sp³-hybridized carbons (Fsp3) is 0.300. The molecule has 0 saturated heterocycles. The van der Waals surface area contributed by atoms with Crippen LogP contribution in [-0.4, -0.2) is 9.78 Å². The molecule has 68 valence electrons. The van der Waals surface area contributed by atoms with Crippen molar-refractivity contribution in [2.75, 3.05) is 0 Å². The van der Waals surface area contributed by atoms with E-state index < -0.39 is 0 Å². The summed E-state index contributed by atoms with van der Waals surface area (Å²) in [6.07, 6.45) is 1.89. The van der Waals surface area contributed by atoms with Crippen LogP contribution in [0.2, 0.25) is 0 Å². The zero-order valence-electron chi connectivity index (χ0n) is 7.70. The van der Waals surface area contributed by atoms with E-state index in [9.17, 15) is 0 Å². The van der Waals surface area contributed by atoms with Crippen molar-refractivity contribution in [3.63, 3.8) is 0 Å². The van der Waals surface area contributed by atoms with Crippen LogP contribution in [0.15, 0.2) is 24.4 Å². The molecule has 0 fully saturated rings. The molecule has 1 aromatic heterocycles. The minimum Gasteiger partial charge on any atom is -0.326 e. The van der Waals surface area contributed by atoms with Gasteiger partial charge in [-0.2, -0.15) is 5.10 Å². The van der Waals surface area contributed by atoms with Crippen molar-refractivity contribution < 1.29 is 0 Å². The van der Waals surface area contributed by atoms with Crippen molar-refractivity contribution in [3.8, 4) is 0 Å². The van der Waals surface area contributed by atoms with Crippen LogP contribution >= 0.6 is 0 Å². The Kier molecular flexibility index (Phi) is 2.02. The molecule has 0 atom stereocenters. The molecule has 3 nitrogen and oxygen atoms in total. The summed E-state index contributed by atoms with van der Waals surface area (Å²) >= 11 is 0. The Bertz CT molecular complexity index is 417. The molecule has 0 aliphatic carbocycles. The maximum atomic E-state index is 5.66. The van der Waals surface area contributed by atoms with Crippen molar-refractivity contribution in [1.82, 2.24) is 9.78 Å². The van der Waals surface area contributed by atoms with Gasteiger partial charge in [-0.05, 0) is 12.5 Å². The molecule has 1 aromatic carbocycles. The second-order valence-electron chi connectivity index (χ2n) is 3.02. The average Bonchev–Trinajstić information content (AvgIpc) is 2.60. The van der Waals surface area contributed by atoms with Crippen LogP contribution < -0.4 is 5.73 Å². The number of nitrogens with zero attached hydrogens (tertiary/aromatic N) is 2. The van der Waals surface area contributed by atoms with Gasteiger partial charge in [-0.15, -0.1) is 0 Å². The molecule has 3 heteroatoms. The summed E-state index contributed by atoms with van der Waals surface area (Å²) in [6, 6.07) is 6.13. The van der Waals surface area contributed by atoms with Crippen LogP contribution in [-0.2, 0) is 13.1 Å². The third-order valence-electron chi connectivity index (χ3n) is 2.26. The van der Waals surface area contributed by atoms with Gasteiger partial charge in [0.15, 0.2) is 0 Å². The second kappa shape index (κ2) is 3.18. The third kappa shape index (κ3) is 1.21. The molecule has 0 unspecified atom stereocenters. The van der Waals surface area contributed by atoms with Gasteiger partial charge in [-0.25, -0.2) is 0 Å². The third-order valence-corrected chi connectivity index (χ3v) is 2.26. The van der Waals surface area contributed by atoms with Gasteiger partial charge < -0.3 is 5.73 Å². The van der Waals surface area contributed by atoms with E-state index in [-0.39, 0.29) is 0 Å². The number of benzene rings is 1. The number of rotatable bonds is 2. The summed E-state index contributed by atoms with van der Waals surface area (Å²) in [4.78, 5) is 0. The van der Waals surface area contributed by atoms with Gasteiger partial charge in [0.25, 0.3) is 0 Å². The predicted octanol–water partition coefficient (Wildman–Crippen LogP) is 1.51. The summed E-state index contributed by atoms with van der Waals surface area (Å²) in [7, 11) is 0. The largest absolute Gasteiger partial charge is 0.326 e. The number of hydrogen-bond acceptors (Lipinski definition) is 2. The first-order valence-corrected chi connectivity index (χ1v) is 4.50. The molecule has 2 N–H and O–H groups in total. The maximum Gasteiger partial charge on any atom is 0.0727 e. The number of aromatic nitrogens is 2. The molecule has 0 radical (unpaired) electrons. The van der Waals surface area contributed by atoms with Gasteiger partial charge in [0.05, 0.1) is 11.7 Å². The normalized spacial score (nSPS) is 10.9. The zero-order valence-corrected chi connectivity index (χ0v) is 7.70. The Morgan fingerprint density at radius 1 is 1.46 bits per heavy atom. The van der Waals surface area contributed by atoms with E-state index in [0.717, 1.165) is 12.1 Å². The van der Waals surface area contributed by atoms with Crippen molar-refractivity contribution in [3.05, 3.63) is 30.0 Å². The molecule has 2 rings (SSSR count). The van der Waals surface area contributed by atoms with E-state index in [0.29, 0.717) is 6.54 Å². The van der Waals surface area contributed by atoms with Gasteiger partial charge in [-0.1, -0.05) is 18.2 Å². The van der Waals surface area contributed by atoms with Crippen molar-refractivity contribution in [2.45, 2.75) is 20.0 Å². The average molecular weight is 175 g/mol. The van der Waals surface area contributed by atoms with Crippen LogP contribution in [0.25, 0.3) is 10.9 Å². The lowest BCUT2D eigenvalue weighted by molar-refractivity contribution is 0.681. The summed E-state index contributed by atoms with van der Waals surface area (Å²) in [6.45, 7) is 3.54. The summed E-state index contributed by atoms with van der Waals surface area (Å²) in [5.41, 5.74) is 7.99. The number of hydrogen-bond donors (Lipinski definition) is 1. The molecule has 13 heavy (non-hydrogen) atoms. The van der Waals surface area contributed by atoms with E-state index in [2.05, 4.69) is 24.2 Å². The Labute approximate surface area is 77.2 Å². The number of fused-ring (bicyclic) bond motifs is 1. The highest BCUT2D eigenvalue weighted by molar-refractivity contribution is 5.81. The summed E-state index contributed by atoms with van der Waals surface area (Å²) in [5.74, 6) is 0. The zero-order chi connectivity index (χ0) is 9.26. The second-order valence-corrected chi connectivity index (χ2v) is 3.02.